The van der Waals surface area contributed by atoms with Gasteiger partial charge in [0, 0.05) is 29.3 Å². The number of nitrogens with zero attached hydrogens (tertiary/aromatic N) is 7. The molecule has 1 aromatic carbocycles. The summed E-state index contributed by atoms with van der Waals surface area (Å²) in [4.78, 5) is 25.2. The number of aryl methyl sites for hydroxylation is 1. The van der Waals surface area contributed by atoms with Crippen molar-refractivity contribution in [2.75, 3.05) is 0 Å². The molecule has 0 bridgehead atoms. The highest BCUT2D eigenvalue weighted by molar-refractivity contribution is 5.96. The van der Waals surface area contributed by atoms with Gasteiger partial charge in [0.05, 0.1) is 36.0 Å². The molecule has 1 N–H and O–H groups in total. The quantitative estimate of drug-likeness (QED) is 0.480. The second-order valence-electron chi connectivity index (χ2n) is 7.69. The van der Waals surface area contributed by atoms with Crippen LogP contribution < -0.4 is 5.32 Å². The van der Waals surface area contributed by atoms with Crippen molar-refractivity contribution in [2.45, 2.75) is 33.2 Å². The Morgan fingerprint density at radius 2 is 1.88 bits per heavy atom. The summed E-state index contributed by atoms with van der Waals surface area (Å²) in [7, 11) is 0. The molecular weight excluding hydrogens is 430 g/mol. The predicted molar refractivity (Wildman–Crippen MR) is 114 cm³/mol. The van der Waals surface area contributed by atoms with E-state index >= 15 is 0 Å². The van der Waals surface area contributed by atoms with E-state index in [0.29, 0.717) is 17.2 Å². The summed E-state index contributed by atoms with van der Waals surface area (Å²) in [6.07, 6.45) is 4.09. The van der Waals surface area contributed by atoms with Crippen molar-refractivity contribution in [3.05, 3.63) is 77.3 Å². The first-order valence-electron chi connectivity index (χ1n) is 10.1. The highest BCUT2D eigenvalue weighted by Gasteiger charge is 2.18. The lowest BCUT2D eigenvalue weighted by Gasteiger charge is -2.12. The average molecular weight is 450 g/mol. The molecule has 0 radical (unpaired) electrons. The van der Waals surface area contributed by atoms with Crippen LogP contribution in [0.2, 0.25) is 0 Å². The molecule has 0 saturated heterocycles. The van der Waals surface area contributed by atoms with Gasteiger partial charge in [-0.3, -0.25) is 19.7 Å². The molecule has 3 heterocycles. The van der Waals surface area contributed by atoms with Crippen molar-refractivity contribution < 1.29 is 13.6 Å². The van der Waals surface area contributed by atoms with Gasteiger partial charge in [0.25, 0.3) is 5.91 Å². The Kier molecular flexibility index (Phi) is 6.11. The van der Waals surface area contributed by atoms with E-state index in [2.05, 4.69) is 35.8 Å². The lowest BCUT2D eigenvalue weighted by atomic mass is 10.0. The normalized spacial score (nSPS) is 11.1. The van der Waals surface area contributed by atoms with Crippen molar-refractivity contribution >= 4 is 5.91 Å². The number of tetrazole rings is 1. The fourth-order valence-electron chi connectivity index (χ4n) is 3.15. The van der Waals surface area contributed by atoms with E-state index in [1.54, 1.807) is 24.5 Å². The molecule has 0 aliphatic carbocycles. The van der Waals surface area contributed by atoms with E-state index in [0.717, 1.165) is 18.0 Å². The molecule has 0 aliphatic heterocycles. The van der Waals surface area contributed by atoms with E-state index < -0.39 is 17.5 Å². The highest BCUT2D eigenvalue weighted by Crippen LogP contribution is 2.26. The Morgan fingerprint density at radius 1 is 1.06 bits per heavy atom. The summed E-state index contributed by atoms with van der Waals surface area (Å²) in [5.74, 6) is -1.54. The topological polar surface area (TPSA) is 111 Å². The van der Waals surface area contributed by atoms with E-state index in [9.17, 15) is 13.6 Å². The molecule has 3 aromatic heterocycles. The van der Waals surface area contributed by atoms with Crippen molar-refractivity contribution in [3.8, 4) is 16.9 Å². The van der Waals surface area contributed by atoms with Gasteiger partial charge in [-0.1, -0.05) is 13.8 Å². The summed E-state index contributed by atoms with van der Waals surface area (Å²) in [5.41, 5.74) is 2.18. The average Bonchev–Trinajstić information content (AvgIpc) is 3.29. The molecule has 33 heavy (non-hydrogen) atoms. The second-order valence-corrected chi connectivity index (χ2v) is 7.69. The van der Waals surface area contributed by atoms with Crippen LogP contribution in [-0.4, -0.2) is 41.1 Å². The fraction of sp³-hybridized carbons (Fsp3) is 0.227. The van der Waals surface area contributed by atoms with Crippen LogP contribution in [0.5, 0.6) is 0 Å². The number of nitrogens with one attached hydrogen (secondary N) is 1. The zero-order valence-electron chi connectivity index (χ0n) is 18.1. The van der Waals surface area contributed by atoms with Crippen molar-refractivity contribution in [1.82, 2.24) is 40.5 Å². The SMILES string of the molecule is Cc1cnc(CNC(=O)c2cc(-c3ncc(F)cc3F)cc(-n3nnnc3C(C)C)c2)cn1. The lowest BCUT2D eigenvalue weighted by molar-refractivity contribution is 0.0950. The van der Waals surface area contributed by atoms with Crippen LogP contribution >= 0.6 is 0 Å². The first kappa shape index (κ1) is 22.1. The van der Waals surface area contributed by atoms with Crippen LogP contribution in [0.4, 0.5) is 8.78 Å². The summed E-state index contributed by atoms with van der Waals surface area (Å²) in [6.45, 7) is 5.80. The number of benzene rings is 1. The van der Waals surface area contributed by atoms with Crippen molar-refractivity contribution in [1.29, 1.82) is 0 Å². The minimum Gasteiger partial charge on any atom is -0.346 e. The van der Waals surface area contributed by atoms with Gasteiger partial charge >= 0.3 is 0 Å². The zero-order chi connectivity index (χ0) is 23.5. The van der Waals surface area contributed by atoms with E-state index in [-0.39, 0.29) is 29.3 Å². The van der Waals surface area contributed by atoms with Gasteiger partial charge in [-0.25, -0.2) is 8.78 Å². The standard InChI is InChI=1S/C22H20F2N8O/c1-12(2)21-29-30-31-32(21)18-5-14(20-19(24)7-16(23)9-27-20)4-15(6-18)22(33)28-11-17-10-25-13(3)8-26-17/h4-10,12H,11H2,1-3H3,(H,28,33). The van der Waals surface area contributed by atoms with E-state index in [1.165, 1.54) is 10.7 Å². The third kappa shape index (κ3) is 4.86. The number of carbonyl (C=O) groups is 1. The van der Waals surface area contributed by atoms with Gasteiger partial charge in [-0.15, -0.1) is 5.10 Å². The van der Waals surface area contributed by atoms with E-state index in [1.807, 2.05) is 20.8 Å². The van der Waals surface area contributed by atoms with Crippen LogP contribution in [0.15, 0.2) is 42.9 Å². The maximum absolute atomic E-state index is 14.5. The number of hydrogen-bond donors (Lipinski definition) is 1. The van der Waals surface area contributed by atoms with Gasteiger partial charge < -0.3 is 5.32 Å². The second kappa shape index (κ2) is 9.15. The molecule has 9 nitrogen and oxygen atoms in total. The molecule has 0 spiro atoms. The molecular formula is C22H20F2N8O. The number of carbonyl (C=O) groups excluding carboxylic acids is 1. The summed E-state index contributed by atoms with van der Waals surface area (Å²) in [6, 6.07) is 5.39. The van der Waals surface area contributed by atoms with Crippen molar-refractivity contribution in [3.63, 3.8) is 0 Å². The van der Waals surface area contributed by atoms with Crippen molar-refractivity contribution in [2.24, 2.45) is 0 Å². The first-order valence-corrected chi connectivity index (χ1v) is 10.1. The fourth-order valence-corrected chi connectivity index (χ4v) is 3.15. The number of halogens is 2. The third-order valence-corrected chi connectivity index (χ3v) is 4.78. The maximum Gasteiger partial charge on any atom is 0.251 e. The van der Waals surface area contributed by atoms with Crippen LogP contribution in [-0.2, 0) is 6.54 Å². The van der Waals surface area contributed by atoms with Crippen LogP contribution in [0, 0.1) is 18.6 Å². The smallest absolute Gasteiger partial charge is 0.251 e. The maximum atomic E-state index is 14.5. The molecule has 0 atom stereocenters. The molecule has 0 fully saturated rings. The number of rotatable bonds is 6. The molecule has 4 rings (SSSR count). The molecule has 0 aliphatic rings. The van der Waals surface area contributed by atoms with Crippen LogP contribution in [0.25, 0.3) is 16.9 Å². The van der Waals surface area contributed by atoms with Crippen LogP contribution in [0.1, 0.15) is 47.3 Å². The number of pyridine rings is 1. The molecule has 168 valence electrons. The van der Waals surface area contributed by atoms with Gasteiger partial charge in [0.1, 0.15) is 11.5 Å². The number of hydrogen-bond acceptors (Lipinski definition) is 7. The molecule has 1 amide bonds. The predicted octanol–water partition coefficient (Wildman–Crippen LogP) is 3.15. The highest BCUT2D eigenvalue weighted by atomic mass is 19.1. The Morgan fingerprint density at radius 3 is 2.58 bits per heavy atom. The molecule has 11 heteroatoms. The third-order valence-electron chi connectivity index (χ3n) is 4.78. The molecule has 0 unspecified atom stereocenters. The monoisotopic (exact) mass is 450 g/mol. The van der Waals surface area contributed by atoms with E-state index in [4.69, 9.17) is 0 Å². The van der Waals surface area contributed by atoms with Gasteiger partial charge in [-0.05, 0) is 35.5 Å². The number of aromatic nitrogens is 7. The number of amides is 1. The lowest BCUT2D eigenvalue weighted by Crippen LogP contribution is -2.24. The summed E-state index contributed by atoms with van der Waals surface area (Å²) >= 11 is 0. The van der Waals surface area contributed by atoms with Crippen LogP contribution in [0.3, 0.4) is 0 Å². The Bertz CT molecular complexity index is 1300. The Hall–Kier alpha value is -4.15. The molecule has 0 saturated carbocycles. The largest absolute Gasteiger partial charge is 0.346 e. The zero-order valence-corrected chi connectivity index (χ0v) is 18.1. The van der Waals surface area contributed by atoms with Gasteiger partial charge in [0.15, 0.2) is 11.6 Å². The molecule has 4 aromatic rings. The Labute approximate surface area is 187 Å². The first-order chi connectivity index (χ1) is 15.8. The summed E-state index contributed by atoms with van der Waals surface area (Å²) < 4.78 is 29.4. The minimum atomic E-state index is -0.853. The van der Waals surface area contributed by atoms with Gasteiger partial charge in [-0.2, -0.15) is 4.68 Å². The summed E-state index contributed by atoms with van der Waals surface area (Å²) in [5, 5.41) is 14.5. The Balaban J connectivity index is 1.74. The van der Waals surface area contributed by atoms with Gasteiger partial charge in [0.2, 0.25) is 0 Å². The minimum absolute atomic E-state index is 0.0123.